The summed E-state index contributed by atoms with van der Waals surface area (Å²) >= 11 is 0. The van der Waals surface area contributed by atoms with Crippen molar-refractivity contribution in [1.82, 2.24) is 9.78 Å². The predicted octanol–water partition coefficient (Wildman–Crippen LogP) is 1.60. The lowest BCUT2D eigenvalue weighted by molar-refractivity contribution is 0.639. The van der Waals surface area contributed by atoms with Crippen molar-refractivity contribution in [3.05, 3.63) is 58.0 Å². The molecule has 5 nitrogen and oxygen atoms in total. The maximum absolute atomic E-state index is 11.9. The molecule has 0 aliphatic heterocycles. The van der Waals surface area contributed by atoms with Crippen LogP contribution in [0.5, 0.6) is 0 Å². The molecule has 2 aromatic rings. The monoisotopic (exact) mass is 254 g/mol. The molecule has 0 aliphatic carbocycles. The average molecular weight is 254 g/mol. The van der Waals surface area contributed by atoms with Crippen molar-refractivity contribution in [3.8, 4) is 6.07 Å². The fraction of sp³-hybridized carbons (Fsp3) is 0.214. The van der Waals surface area contributed by atoms with Gasteiger partial charge in [-0.3, -0.25) is 4.79 Å². The summed E-state index contributed by atoms with van der Waals surface area (Å²) in [6.07, 6.45) is 1.61. The molecule has 19 heavy (non-hydrogen) atoms. The molecule has 0 unspecified atom stereocenters. The number of benzene rings is 1. The van der Waals surface area contributed by atoms with Gasteiger partial charge in [0.05, 0.1) is 30.1 Å². The van der Waals surface area contributed by atoms with Crippen molar-refractivity contribution in [2.45, 2.75) is 13.5 Å². The Balaban J connectivity index is 2.29. The maximum Gasteiger partial charge on any atom is 0.269 e. The standard InChI is InChI=1S/C14H14N4O/c1-2-16-13-7-14(19)18(17-9-13)10-12-6-4-3-5-11(12)8-15/h3-7,9,16H,2,10H2,1H3. The summed E-state index contributed by atoms with van der Waals surface area (Å²) in [5.41, 5.74) is 1.87. The SMILES string of the molecule is CCNc1cnn(Cc2ccccc2C#N)c(=O)c1. The van der Waals surface area contributed by atoms with Gasteiger partial charge in [-0.2, -0.15) is 10.4 Å². The van der Waals surface area contributed by atoms with Crippen LogP contribution in [0.1, 0.15) is 18.1 Å². The average Bonchev–Trinajstić information content (AvgIpc) is 2.43. The molecule has 1 N–H and O–H groups in total. The summed E-state index contributed by atoms with van der Waals surface area (Å²) < 4.78 is 1.34. The second-order valence-electron chi connectivity index (χ2n) is 4.04. The Morgan fingerprint density at radius 1 is 1.42 bits per heavy atom. The number of hydrogen-bond acceptors (Lipinski definition) is 4. The van der Waals surface area contributed by atoms with Crippen LogP contribution in [0, 0.1) is 11.3 Å². The zero-order valence-electron chi connectivity index (χ0n) is 10.6. The Morgan fingerprint density at radius 2 is 2.21 bits per heavy atom. The Morgan fingerprint density at radius 3 is 2.89 bits per heavy atom. The third-order valence-corrected chi connectivity index (χ3v) is 2.71. The van der Waals surface area contributed by atoms with E-state index in [2.05, 4.69) is 16.5 Å². The fourth-order valence-electron chi connectivity index (χ4n) is 1.78. The maximum atomic E-state index is 11.9. The van der Waals surface area contributed by atoms with Crippen LogP contribution >= 0.6 is 0 Å². The van der Waals surface area contributed by atoms with Gasteiger partial charge in [0.15, 0.2) is 0 Å². The van der Waals surface area contributed by atoms with Crippen LogP contribution in [0.4, 0.5) is 5.69 Å². The molecule has 1 aromatic carbocycles. The number of anilines is 1. The molecular formula is C14H14N4O. The van der Waals surface area contributed by atoms with Gasteiger partial charge in [-0.25, -0.2) is 4.68 Å². The van der Waals surface area contributed by atoms with E-state index in [-0.39, 0.29) is 5.56 Å². The first-order chi connectivity index (χ1) is 9.24. The van der Waals surface area contributed by atoms with Crippen LogP contribution in [0.3, 0.4) is 0 Å². The Labute approximate surface area is 111 Å². The first-order valence-electron chi connectivity index (χ1n) is 6.03. The predicted molar refractivity (Wildman–Crippen MR) is 72.9 cm³/mol. The number of nitrogens with zero attached hydrogens (tertiary/aromatic N) is 3. The topological polar surface area (TPSA) is 70.7 Å². The van der Waals surface area contributed by atoms with Crippen molar-refractivity contribution in [1.29, 1.82) is 5.26 Å². The quantitative estimate of drug-likeness (QED) is 0.899. The van der Waals surface area contributed by atoms with Gasteiger partial charge in [0.1, 0.15) is 0 Å². The molecule has 96 valence electrons. The highest BCUT2D eigenvalue weighted by Gasteiger charge is 2.04. The van der Waals surface area contributed by atoms with Gasteiger partial charge in [-0.05, 0) is 18.6 Å². The molecule has 0 aliphatic rings. The van der Waals surface area contributed by atoms with Crippen molar-refractivity contribution in [3.63, 3.8) is 0 Å². The minimum atomic E-state index is -0.189. The van der Waals surface area contributed by atoms with E-state index in [0.717, 1.165) is 12.1 Å². The van der Waals surface area contributed by atoms with E-state index in [1.54, 1.807) is 18.3 Å². The highest BCUT2D eigenvalue weighted by atomic mass is 16.1. The van der Waals surface area contributed by atoms with E-state index in [0.29, 0.717) is 17.8 Å². The van der Waals surface area contributed by atoms with E-state index in [1.807, 2.05) is 19.1 Å². The molecule has 0 radical (unpaired) electrons. The number of nitriles is 1. The summed E-state index contributed by atoms with van der Waals surface area (Å²) in [6.45, 7) is 2.99. The lowest BCUT2D eigenvalue weighted by atomic mass is 10.1. The highest BCUT2D eigenvalue weighted by molar-refractivity contribution is 5.39. The molecule has 0 atom stereocenters. The van der Waals surface area contributed by atoms with Crippen molar-refractivity contribution >= 4 is 5.69 Å². The van der Waals surface area contributed by atoms with Gasteiger partial charge in [0.2, 0.25) is 0 Å². The van der Waals surface area contributed by atoms with E-state index in [1.165, 1.54) is 10.7 Å². The van der Waals surface area contributed by atoms with Crippen LogP contribution in [0.2, 0.25) is 0 Å². The van der Waals surface area contributed by atoms with Crippen molar-refractivity contribution < 1.29 is 0 Å². The Bertz CT molecular complexity index is 670. The molecule has 0 amide bonds. The minimum Gasteiger partial charge on any atom is -0.384 e. The zero-order chi connectivity index (χ0) is 13.7. The van der Waals surface area contributed by atoms with Gasteiger partial charge in [0, 0.05) is 12.6 Å². The smallest absolute Gasteiger partial charge is 0.269 e. The molecule has 1 heterocycles. The number of aromatic nitrogens is 2. The molecule has 0 spiro atoms. The Kier molecular flexibility index (Phi) is 3.94. The van der Waals surface area contributed by atoms with E-state index in [4.69, 9.17) is 5.26 Å². The van der Waals surface area contributed by atoms with Gasteiger partial charge in [0.25, 0.3) is 5.56 Å². The summed E-state index contributed by atoms with van der Waals surface area (Å²) in [6, 6.07) is 10.8. The highest BCUT2D eigenvalue weighted by Crippen LogP contribution is 2.08. The third kappa shape index (κ3) is 2.99. The van der Waals surface area contributed by atoms with Gasteiger partial charge >= 0.3 is 0 Å². The molecule has 1 aromatic heterocycles. The largest absolute Gasteiger partial charge is 0.384 e. The van der Waals surface area contributed by atoms with Crippen LogP contribution in [-0.2, 0) is 6.54 Å². The van der Waals surface area contributed by atoms with E-state index >= 15 is 0 Å². The van der Waals surface area contributed by atoms with Crippen LogP contribution in [0.25, 0.3) is 0 Å². The fourth-order valence-corrected chi connectivity index (χ4v) is 1.78. The second kappa shape index (κ2) is 5.83. The molecule has 0 saturated heterocycles. The first kappa shape index (κ1) is 12.8. The molecule has 0 fully saturated rings. The zero-order valence-corrected chi connectivity index (χ0v) is 10.6. The first-order valence-corrected chi connectivity index (χ1v) is 6.03. The summed E-state index contributed by atoms with van der Waals surface area (Å²) in [4.78, 5) is 11.9. The van der Waals surface area contributed by atoms with E-state index < -0.39 is 0 Å². The second-order valence-corrected chi connectivity index (χ2v) is 4.04. The normalized spacial score (nSPS) is 9.89. The molecule has 0 saturated carbocycles. The summed E-state index contributed by atoms with van der Waals surface area (Å²) in [5, 5.41) is 16.1. The third-order valence-electron chi connectivity index (χ3n) is 2.71. The lowest BCUT2D eigenvalue weighted by Crippen LogP contribution is -2.23. The lowest BCUT2D eigenvalue weighted by Gasteiger charge is -2.07. The van der Waals surface area contributed by atoms with Crippen LogP contribution < -0.4 is 10.9 Å². The molecule has 2 rings (SSSR count). The van der Waals surface area contributed by atoms with Crippen molar-refractivity contribution in [2.75, 3.05) is 11.9 Å². The van der Waals surface area contributed by atoms with Crippen LogP contribution in [0.15, 0.2) is 41.3 Å². The minimum absolute atomic E-state index is 0.189. The molecule has 0 bridgehead atoms. The molecule has 5 heteroatoms. The summed E-state index contributed by atoms with van der Waals surface area (Å²) in [5.74, 6) is 0. The van der Waals surface area contributed by atoms with Crippen LogP contribution in [-0.4, -0.2) is 16.3 Å². The number of rotatable bonds is 4. The Hall–Kier alpha value is -2.61. The van der Waals surface area contributed by atoms with E-state index in [9.17, 15) is 4.79 Å². The number of nitrogens with one attached hydrogen (secondary N) is 1. The van der Waals surface area contributed by atoms with Gasteiger partial charge < -0.3 is 5.32 Å². The molecular weight excluding hydrogens is 240 g/mol. The van der Waals surface area contributed by atoms with Gasteiger partial charge in [-0.15, -0.1) is 0 Å². The summed E-state index contributed by atoms with van der Waals surface area (Å²) in [7, 11) is 0. The number of hydrogen-bond donors (Lipinski definition) is 1. The van der Waals surface area contributed by atoms with Gasteiger partial charge in [-0.1, -0.05) is 18.2 Å². The van der Waals surface area contributed by atoms with Crippen molar-refractivity contribution in [2.24, 2.45) is 0 Å².